The SMILES string of the molecule is CCOC(=O)C[C@H]1C(=O)NCCN1Cc1ccccc1OC. The first-order valence-corrected chi connectivity index (χ1v) is 7.45. The number of nitrogens with zero attached hydrogens (tertiary/aromatic N) is 1. The number of carbonyl (C=O) groups excluding carboxylic acids is 2. The van der Waals surface area contributed by atoms with Gasteiger partial charge in [0.15, 0.2) is 0 Å². The lowest BCUT2D eigenvalue weighted by atomic mass is 10.1. The zero-order valence-electron chi connectivity index (χ0n) is 13.0. The molecule has 1 N–H and O–H groups in total. The second kappa shape index (κ2) is 7.79. The summed E-state index contributed by atoms with van der Waals surface area (Å²) in [7, 11) is 1.62. The van der Waals surface area contributed by atoms with Crippen molar-refractivity contribution in [3.8, 4) is 5.75 Å². The number of benzene rings is 1. The van der Waals surface area contributed by atoms with E-state index < -0.39 is 6.04 Å². The van der Waals surface area contributed by atoms with Crippen LogP contribution in [0.3, 0.4) is 0 Å². The van der Waals surface area contributed by atoms with Crippen molar-refractivity contribution in [2.75, 3.05) is 26.8 Å². The van der Waals surface area contributed by atoms with Crippen molar-refractivity contribution in [2.45, 2.75) is 25.9 Å². The van der Waals surface area contributed by atoms with Gasteiger partial charge in [0.25, 0.3) is 0 Å². The molecule has 1 aliphatic heterocycles. The first-order chi connectivity index (χ1) is 10.7. The Kier molecular flexibility index (Phi) is 5.77. The number of piperazine rings is 1. The van der Waals surface area contributed by atoms with Crippen LogP contribution in [-0.4, -0.2) is 49.6 Å². The quantitative estimate of drug-likeness (QED) is 0.793. The van der Waals surface area contributed by atoms with E-state index in [0.717, 1.165) is 11.3 Å². The van der Waals surface area contributed by atoms with E-state index in [2.05, 4.69) is 5.32 Å². The van der Waals surface area contributed by atoms with Gasteiger partial charge in [-0.3, -0.25) is 14.5 Å². The molecule has 120 valence electrons. The fourth-order valence-electron chi connectivity index (χ4n) is 2.60. The van der Waals surface area contributed by atoms with Crippen LogP contribution < -0.4 is 10.1 Å². The van der Waals surface area contributed by atoms with Gasteiger partial charge in [0.05, 0.1) is 20.1 Å². The van der Waals surface area contributed by atoms with Gasteiger partial charge in [-0.1, -0.05) is 18.2 Å². The molecule has 1 aromatic rings. The van der Waals surface area contributed by atoms with Crippen LogP contribution in [0.1, 0.15) is 18.9 Å². The summed E-state index contributed by atoms with van der Waals surface area (Å²) in [6.45, 7) is 3.90. The van der Waals surface area contributed by atoms with Gasteiger partial charge in [0.2, 0.25) is 5.91 Å². The van der Waals surface area contributed by atoms with Crippen LogP contribution in [0.25, 0.3) is 0 Å². The lowest BCUT2D eigenvalue weighted by molar-refractivity contribution is -0.148. The third-order valence-corrected chi connectivity index (χ3v) is 3.67. The molecule has 2 rings (SSSR count). The summed E-state index contributed by atoms with van der Waals surface area (Å²) < 4.78 is 10.3. The number of amides is 1. The van der Waals surface area contributed by atoms with Gasteiger partial charge in [0.1, 0.15) is 11.8 Å². The molecule has 1 amide bonds. The molecule has 1 atom stereocenters. The van der Waals surface area contributed by atoms with Crippen molar-refractivity contribution in [1.29, 1.82) is 0 Å². The molecule has 1 aromatic carbocycles. The average molecular weight is 306 g/mol. The van der Waals surface area contributed by atoms with E-state index in [4.69, 9.17) is 9.47 Å². The highest BCUT2D eigenvalue weighted by Crippen LogP contribution is 2.22. The second-order valence-electron chi connectivity index (χ2n) is 5.10. The molecule has 0 aliphatic carbocycles. The Balaban J connectivity index is 2.11. The number of nitrogens with one attached hydrogen (secondary N) is 1. The lowest BCUT2D eigenvalue weighted by Crippen LogP contribution is -2.55. The predicted octanol–water partition coefficient (Wildman–Crippen LogP) is 0.949. The molecule has 0 saturated carbocycles. The molecule has 1 heterocycles. The number of para-hydroxylation sites is 1. The Hall–Kier alpha value is -2.08. The van der Waals surface area contributed by atoms with Crippen LogP contribution in [0.15, 0.2) is 24.3 Å². The highest BCUT2D eigenvalue weighted by molar-refractivity contribution is 5.87. The molecule has 1 aliphatic rings. The zero-order chi connectivity index (χ0) is 15.9. The van der Waals surface area contributed by atoms with Crippen LogP contribution in [0, 0.1) is 0 Å². The number of hydrogen-bond donors (Lipinski definition) is 1. The van der Waals surface area contributed by atoms with Gasteiger partial charge in [-0.25, -0.2) is 0 Å². The van der Waals surface area contributed by atoms with Gasteiger partial charge >= 0.3 is 5.97 Å². The minimum atomic E-state index is -0.502. The summed E-state index contributed by atoms with van der Waals surface area (Å²) in [5.41, 5.74) is 0.994. The third kappa shape index (κ3) is 3.98. The predicted molar refractivity (Wildman–Crippen MR) is 81.5 cm³/mol. The summed E-state index contributed by atoms with van der Waals surface area (Å²) in [5.74, 6) is 0.298. The maximum Gasteiger partial charge on any atom is 0.307 e. The van der Waals surface area contributed by atoms with Gasteiger partial charge in [-0.2, -0.15) is 0 Å². The molecule has 0 spiro atoms. The molecule has 0 aromatic heterocycles. The summed E-state index contributed by atoms with van der Waals surface area (Å²) in [5, 5.41) is 2.80. The van der Waals surface area contributed by atoms with Gasteiger partial charge in [0, 0.05) is 25.2 Å². The average Bonchev–Trinajstić information content (AvgIpc) is 2.51. The van der Waals surface area contributed by atoms with Crippen molar-refractivity contribution in [2.24, 2.45) is 0 Å². The fraction of sp³-hybridized carbons (Fsp3) is 0.500. The number of rotatable bonds is 6. The lowest BCUT2D eigenvalue weighted by Gasteiger charge is -2.34. The summed E-state index contributed by atoms with van der Waals surface area (Å²) in [4.78, 5) is 25.8. The van der Waals surface area contributed by atoms with Crippen LogP contribution in [0.5, 0.6) is 5.75 Å². The number of carbonyl (C=O) groups is 2. The number of methoxy groups -OCH3 is 1. The molecular weight excluding hydrogens is 284 g/mol. The Morgan fingerprint density at radius 1 is 1.41 bits per heavy atom. The maximum absolute atomic E-state index is 12.1. The second-order valence-corrected chi connectivity index (χ2v) is 5.10. The van der Waals surface area contributed by atoms with E-state index in [1.165, 1.54) is 0 Å². The molecule has 6 heteroatoms. The van der Waals surface area contributed by atoms with E-state index in [1.54, 1.807) is 14.0 Å². The van der Waals surface area contributed by atoms with Crippen LogP contribution in [0.4, 0.5) is 0 Å². The summed E-state index contributed by atoms with van der Waals surface area (Å²) in [6, 6.07) is 7.19. The molecule has 1 fully saturated rings. The Bertz CT molecular complexity index is 533. The number of esters is 1. The van der Waals surface area contributed by atoms with Gasteiger partial charge in [-0.15, -0.1) is 0 Å². The molecular formula is C16H22N2O4. The van der Waals surface area contributed by atoms with Crippen molar-refractivity contribution < 1.29 is 19.1 Å². The first kappa shape index (κ1) is 16.3. The Morgan fingerprint density at radius 3 is 2.91 bits per heavy atom. The van der Waals surface area contributed by atoms with E-state index in [1.807, 2.05) is 29.2 Å². The van der Waals surface area contributed by atoms with E-state index in [0.29, 0.717) is 26.2 Å². The summed E-state index contributed by atoms with van der Waals surface area (Å²) in [6.07, 6.45) is 0.0643. The van der Waals surface area contributed by atoms with E-state index in [9.17, 15) is 9.59 Å². The molecule has 6 nitrogen and oxygen atoms in total. The van der Waals surface area contributed by atoms with Crippen LogP contribution >= 0.6 is 0 Å². The first-order valence-electron chi connectivity index (χ1n) is 7.45. The fourth-order valence-corrected chi connectivity index (χ4v) is 2.60. The minimum Gasteiger partial charge on any atom is -0.496 e. The van der Waals surface area contributed by atoms with E-state index in [-0.39, 0.29) is 18.3 Å². The largest absolute Gasteiger partial charge is 0.496 e. The van der Waals surface area contributed by atoms with Gasteiger partial charge < -0.3 is 14.8 Å². The van der Waals surface area contributed by atoms with Crippen molar-refractivity contribution >= 4 is 11.9 Å². The number of ether oxygens (including phenoxy) is 2. The standard InChI is InChI=1S/C16H22N2O4/c1-3-22-15(19)10-13-16(20)17-8-9-18(13)11-12-6-4-5-7-14(12)21-2/h4-7,13H,3,8-11H2,1-2H3,(H,17,20)/t13-/m0/s1. The van der Waals surface area contributed by atoms with E-state index >= 15 is 0 Å². The molecule has 1 saturated heterocycles. The van der Waals surface area contributed by atoms with Crippen LogP contribution in [0.2, 0.25) is 0 Å². The molecule has 0 bridgehead atoms. The highest BCUT2D eigenvalue weighted by atomic mass is 16.5. The van der Waals surface area contributed by atoms with Crippen molar-refractivity contribution in [1.82, 2.24) is 10.2 Å². The maximum atomic E-state index is 12.1. The zero-order valence-corrected chi connectivity index (χ0v) is 13.0. The highest BCUT2D eigenvalue weighted by Gasteiger charge is 2.32. The smallest absolute Gasteiger partial charge is 0.307 e. The third-order valence-electron chi connectivity index (χ3n) is 3.67. The topological polar surface area (TPSA) is 67.9 Å². The number of hydrogen-bond acceptors (Lipinski definition) is 5. The summed E-state index contributed by atoms with van der Waals surface area (Å²) >= 11 is 0. The Morgan fingerprint density at radius 2 is 2.18 bits per heavy atom. The minimum absolute atomic E-state index is 0.0643. The van der Waals surface area contributed by atoms with Crippen molar-refractivity contribution in [3.63, 3.8) is 0 Å². The molecule has 0 radical (unpaired) electrons. The molecule has 22 heavy (non-hydrogen) atoms. The van der Waals surface area contributed by atoms with Crippen LogP contribution in [-0.2, 0) is 20.9 Å². The van der Waals surface area contributed by atoms with Gasteiger partial charge in [-0.05, 0) is 13.0 Å². The Labute approximate surface area is 130 Å². The normalized spacial score (nSPS) is 18.6. The molecule has 0 unspecified atom stereocenters. The van der Waals surface area contributed by atoms with Crippen molar-refractivity contribution in [3.05, 3.63) is 29.8 Å². The monoisotopic (exact) mass is 306 g/mol.